The lowest BCUT2D eigenvalue weighted by Crippen LogP contribution is -2.45. The van der Waals surface area contributed by atoms with E-state index in [0.29, 0.717) is 19.4 Å². The van der Waals surface area contributed by atoms with Gasteiger partial charge in [-0.25, -0.2) is 12.8 Å². The first-order chi connectivity index (χ1) is 9.42. The molecule has 1 aromatic carbocycles. The Labute approximate surface area is 116 Å². The molecular formula is C14H15FN2O2S. The van der Waals surface area contributed by atoms with Crippen LogP contribution in [0.15, 0.2) is 18.2 Å². The quantitative estimate of drug-likeness (QED) is 0.809. The minimum absolute atomic E-state index is 0.187. The SMILES string of the molecule is C[C@]12CCS(=O)(=O)N1CCc1c2[nH]c2cc(F)ccc12. The van der Waals surface area contributed by atoms with Crippen molar-refractivity contribution >= 4 is 20.9 Å². The van der Waals surface area contributed by atoms with Gasteiger partial charge >= 0.3 is 0 Å². The van der Waals surface area contributed by atoms with Crippen molar-refractivity contribution in [3.63, 3.8) is 0 Å². The molecule has 1 aromatic heterocycles. The molecule has 3 heterocycles. The van der Waals surface area contributed by atoms with E-state index in [1.807, 2.05) is 6.92 Å². The number of nitrogens with one attached hydrogen (secondary N) is 1. The molecule has 2 aliphatic rings. The van der Waals surface area contributed by atoms with Gasteiger partial charge in [-0.05, 0) is 43.5 Å². The Kier molecular flexibility index (Phi) is 2.24. The number of sulfonamides is 1. The van der Waals surface area contributed by atoms with Crippen LogP contribution < -0.4 is 0 Å². The molecule has 0 radical (unpaired) electrons. The van der Waals surface area contributed by atoms with Crippen molar-refractivity contribution < 1.29 is 12.8 Å². The maximum absolute atomic E-state index is 13.4. The molecule has 6 heteroatoms. The Hall–Kier alpha value is -1.40. The summed E-state index contributed by atoms with van der Waals surface area (Å²) in [6.45, 7) is 2.47. The first-order valence-corrected chi connectivity index (χ1v) is 8.34. The van der Waals surface area contributed by atoms with E-state index in [9.17, 15) is 12.8 Å². The predicted octanol–water partition coefficient (Wildman–Crippen LogP) is 2.11. The number of benzene rings is 1. The smallest absolute Gasteiger partial charge is 0.215 e. The van der Waals surface area contributed by atoms with Crippen LogP contribution in [0.2, 0.25) is 0 Å². The number of halogens is 1. The van der Waals surface area contributed by atoms with Crippen LogP contribution in [0.4, 0.5) is 4.39 Å². The first-order valence-electron chi connectivity index (χ1n) is 6.73. The zero-order valence-electron chi connectivity index (χ0n) is 11.1. The number of hydrogen-bond donors (Lipinski definition) is 1. The fourth-order valence-corrected chi connectivity index (χ4v) is 5.71. The molecule has 1 N–H and O–H groups in total. The van der Waals surface area contributed by atoms with Crippen LogP contribution in [0, 0.1) is 5.82 Å². The molecule has 2 aromatic rings. The van der Waals surface area contributed by atoms with Crippen molar-refractivity contribution in [3.05, 3.63) is 35.3 Å². The summed E-state index contributed by atoms with van der Waals surface area (Å²) in [5.41, 5.74) is 2.31. The third-order valence-corrected chi connectivity index (χ3v) is 6.68. The van der Waals surface area contributed by atoms with Gasteiger partial charge < -0.3 is 4.98 Å². The van der Waals surface area contributed by atoms with Crippen molar-refractivity contribution in [2.75, 3.05) is 12.3 Å². The van der Waals surface area contributed by atoms with E-state index >= 15 is 0 Å². The van der Waals surface area contributed by atoms with Crippen molar-refractivity contribution in [2.24, 2.45) is 0 Å². The van der Waals surface area contributed by atoms with Gasteiger partial charge in [0, 0.05) is 23.1 Å². The fourth-order valence-electron chi connectivity index (χ4n) is 3.67. The average Bonchev–Trinajstić information content (AvgIpc) is 2.86. The number of aromatic nitrogens is 1. The lowest BCUT2D eigenvalue weighted by atomic mass is 9.86. The summed E-state index contributed by atoms with van der Waals surface area (Å²) in [5, 5.41) is 1.01. The second-order valence-electron chi connectivity index (χ2n) is 5.83. The van der Waals surface area contributed by atoms with Gasteiger partial charge in [-0.1, -0.05) is 0 Å². The fraction of sp³-hybridized carbons (Fsp3) is 0.429. The molecule has 2 aliphatic heterocycles. The molecule has 0 amide bonds. The summed E-state index contributed by atoms with van der Waals surface area (Å²) in [5.74, 6) is -0.0932. The van der Waals surface area contributed by atoms with Gasteiger partial charge in [0.1, 0.15) is 5.82 Å². The van der Waals surface area contributed by atoms with Crippen LogP contribution in [0.3, 0.4) is 0 Å². The maximum atomic E-state index is 13.4. The molecule has 1 atom stereocenters. The number of fused-ring (bicyclic) bond motifs is 5. The molecule has 1 saturated heterocycles. The van der Waals surface area contributed by atoms with E-state index in [0.717, 1.165) is 22.2 Å². The summed E-state index contributed by atoms with van der Waals surface area (Å²) in [7, 11) is -3.15. The number of aromatic amines is 1. The topological polar surface area (TPSA) is 53.2 Å². The highest BCUT2D eigenvalue weighted by atomic mass is 32.2. The van der Waals surface area contributed by atoms with Crippen molar-refractivity contribution in [1.29, 1.82) is 0 Å². The lowest BCUT2D eigenvalue weighted by Gasteiger charge is -2.37. The monoisotopic (exact) mass is 294 g/mol. The van der Waals surface area contributed by atoms with Crippen molar-refractivity contribution in [3.8, 4) is 0 Å². The normalized spacial score (nSPS) is 28.5. The van der Waals surface area contributed by atoms with E-state index < -0.39 is 15.6 Å². The van der Waals surface area contributed by atoms with Gasteiger partial charge in [0.25, 0.3) is 0 Å². The summed E-state index contributed by atoms with van der Waals surface area (Å²) in [4.78, 5) is 3.26. The van der Waals surface area contributed by atoms with Gasteiger partial charge in [-0.2, -0.15) is 4.31 Å². The second-order valence-corrected chi connectivity index (χ2v) is 7.84. The van der Waals surface area contributed by atoms with Crippen LogP contribution >= 0.6 is 0 Å². The van der Waals surface area contributed by atoms with E-state index in [4.69, 9.17) is 0 Å². The summed E-state index contributed by atoms with van der Waals surface area (Å²) in [6, 6.07) is 4.71. The van der Waals surface area contributed by atoms with E-state index in [1.165, 1.54) is 12.1 Å². The molecule has 4 nitrogen and oxygen atoms in total. The molecule has 106 valence electrons. The second kappa shape index (κ2) is 3.62. The van der Waals surface area contributed by atoms with Gasteiger partial charge in [0.15, 0.2) is 0 Å². The summed E-state index contributed by atoms with van der Waals surface area (Å²) >= 11 is 0. The number of H-pyrrole nitrogens is 1. The Morgan fingerprint density at radius 1 is 1.40 bits per heavy atom. The molecule has 0 aliphatic carbocycles. The van der Waals surface area contributed by atoms with Crippen LogP contribution in [-0.4, -0.2) is 30.0 Å². The number of nitrogens with zero attached hydrogens (tertiary/aromatic N) is 1. The largest absolute Gasteiger partial charge is 0.357 e. The van der Waals surface area contributed by atoms with E-state index in [2.05, 4.69) is 4.98 Å². The maximum Gasteiger partial charge on any atom is 0.215 e. The highest BCUT2D eigenvalue weighted by molar-refractivity contribution is 7.89. The molecule has 20 heavy (non-hydrogen) atoms. The van der Waals surface area contributed by atoms with Crippen LogP contribution in [0.1, 0.15) is 24.6 Å². The molecule has 0 saturated carbocycles. The molecule has 0 spiro atoms. The zero-order chi connectivity index (χ0) is 14.1. The Balaban J connectivity index is 2.00. The van der Waals surface area contributed by atoms with Crippen LogP contribution in [0.5, 0.6) is 0 Å². The van der Waals surface area contributed by atoms with Gasteiger partial charge in [-0.3, -0.25) is 0 Å². The average molecular weight is 294 g/mol. The van der Waals surface area contributed by atoms with Crippen LogP contribution in [-0.2, 0) is 22.0 Å². The van der Waals surface area contributed by atoms with E-state index in [1.54, 1.807) is 10.4 Å². The standard InChI is InChI=1S/C14H15FN2O2S/c1-14-5-7-20(18,19)17(14)6-4-11-10-3-2-9(15)8-12(10)16-13(11)14/h2-3,8,16H,4-7H2,1H3/t14-/m1/s1. The van der Waals surface area contributed by atoms with Gasteiger partial charge in [-0.15, -0.1) is 0 Å². The zero-order valence-corrected chi connectivity index (χ0v) is 11.9. The first kappa shape index (κ1) is 12.3. The Bertz CT molecular complexity index is 827. The number of rotatable bonds is 0. The molecular weight excluding hydrogens is 279 g/mol. The predicted molar refractivity (Wildman–Crippen MR) is 74.4 cm³/mol. The minimum atomic E-state index is -3.15. The highest BCUT2D eigenvalue weighted by Gasteiger charge is 2.51. The molecule has 4 rings (SSSR count). The molecule has 1 fully saturated rings. The summed E-state index contributed by atoms with van der Waals surface area (Å²) in [6.07, 6.45) is 1.26. The summed E-state index contributed by atoms with van der Waals surface area (Å²) < 4.78 is 39.2. The van der Waals surface area contributed by atoms with Crippen LogP contribution in [0.25, 0.3) is 10.9 Å². The number of hydrogen-bond acceptors (Lipinski definition) is 2. The highest BCUT2D eigenvalue weighted by Crippen LogP contribution is 2.46. The third kappa shape index (κ3) is 1.41. The molecule has 0 bridgehead atoms. The third-order valence-electron chi connectivity index (χ3n) is 4.70. The molecule has 0 unspecified atom stereocenters. The minimum Gasteiger partial charge on any atom is -0.357 e. The van der Waals surface area contributed by atoms with Crippen molar-refractivity contribution in [1.82, 2.24) is 9.29 Å². The Morgan fingerprint density at radius 3 is 3.00 bits per heavy atom. The van der Waals surface area contributed by atoms with Gasteiger partial charge in [0.05, 0.1) is 11.3 Å². The van der Waals surface area contributed by atoms with E-state index in [-0.39, 0.29) is 11.6 Å². The van der Waals surface area contributed by atoms with Crippen molar-refractivity contribution in [2.45, 2.75) is 25.3 Å². The van der Waals surface area contributed by atoms with Gasteiger partial charge in [0.2, 0.25) is 10.0 Å². The lowest BCUT2D eigenvalue weighted by molar-refractivity contribution is 0.208. The Morgan fingerprint density at radius 2 is 2.20 bits per heavy atom.